The number of nitrogens with zero attached hydrogens (tertiary/aromatic N) is 4. The van der Waals surface area contributed by atoms with E-state index in [9.17, 15) is 4.79 Å². The molecule has 1 aliphatic rings. The van der Waals surface area contributed by atoms with Crippen molar-refractivity contribution in [3.63, 3.8) is 0 Å². The molecule has 1 amide bonds. The van der Waals surface area contributed by atoms with Gasteiger partial charge in [0.15, 0.2) is 0 Å². The molecule has 1 saturated heterocycles. The molecule has 2 aromatic rings. The lowest BCUT2D eigenvalue weighted by atomic mass is 10.3. The van der Waals surface area contributed by atoms with Crippen molar-refractivity contribution in [1.29, 1.82) is 0 Å². The van der Waals surface area contributed by atoms with Crippen molar-refractivity contribution in [3.05, 3.63) is 42.7 Å². The number of aromatic nitrogens is 2. The maximum absolute atomic E-state index is 12.3. The smallest absolute Gasteiger partial charge is 0.223 e. The first kappa shape index (κ1) is 15.9. The Hall–Kier alpha value is -1.95. The van der Waals surface area contributed by atoms with Crippen LogP contribution in [-0.4, -0.2) is 52.3 Å². The molecule has 1 aliphatic heterocycles. The molecule has 6 heteroatoms. The molecular formula is C17H22N4OS. The summed E-state index contributed by atoms with van der Waals surface area (Å²) >= 11 is 1.74. The molecule has 5 nitrogen and oxygen atoms in total. The molecule has 1 aromatic carbocycles. The third-order valence-electron chi connectivity index (χ3n) is 4.04. The standard InChI is InChI=1S/C17H22N4OS/c1-19-9-8-18-17(19)21-12-10-20(11-13-21)16(22)7-14-23-15-5-3-2-4-6-15/h2-6,8-9H,7,10-14H2,1H3. The van der Waals surface area contributed by atoms with Gasteiger partial charge in [-0.1, -0.05) is 18.2 Å². The minimum absolute atomic E-state index is 0.257. The van der Waals surface area contributed by atoms with E-state index < -0.39 is 0 Å². The summed E-state index contributed by atoms with van der Waals surface area (Å²) in [5.41, 5.74) is 0. The Bertz CT molecular complexity index is 635. The number of thioether (sulfide) groups is 1. The van der Waals surface area contributed by atoms with Gasteiger partial charge >= 0.3 is 0 Å². The zero-order chi connectivity index (χ0) is 16.1. The lowest BCUT2D eigenvalue weighted by molar-refractivity contribution is -0.131. The van der Waals surface area contributed by atoms with Gasteiger partial charge in [0.05, 0.1) is 0 Å². The van der Waals surface area contributed by atoms with Gasteiger partial charge in [-0.25, -0.2) is 4.98 Å². The van der Waals surface area contributed by atoms with Crippen LogP contribution in [0.2, 0.25) is 0 Å². The highest BCUT2D eigenvalue weighted by Gasteiger charge is 2.22. The van der Waals surface area contributed by atoms with E-state index in [1.165, 1.54) is 4.90 Å². The second kappa shape index (κ2) is 7.55. The molecule has 1 aromatic heterocycles. The summed E-state index contributed by atoms with van der Waals surface area (Å²) in [6, 6.07) is 10.2. The van der Waals surface area contributed by atoms with E-state index >= 15 is 0 Å². The Balaban J connectivity index is 1.42. The molecule has 3 rings (SSSR count). The monoisotopic (exact) mass is 330 g/mol. The third kappa shape index (κ3) is 4.07. The summed E-state index contributed by atoms with van der Waals surface area (Å²) in [5.74, 6) is 2.08. The lowest BCUT2D eigenvalue weighted by Gasteiger charge is -2.35. The zero-order valence-electron chi connectivity index (χ0n) is 13.4. The van der Waals surface area contributed by atoms with Crippen LogP contribution in [0.1, 0.15) is 6.42 Å². The summed E-state index contributed by atoms with van der Waals surface area (Å²) in [5, 5.41) is 0. The molecule has 0 aliphatic carbocycles. The summed E-state index contributed by atoms with van der Waals surface area (Å²) in [6.07, 6.45) is 4.36. The Morgan fingerprint density at radius 3 is 2.57 bits per heavy atom. The normalized spacial score (nSPS) is 15.0. The molecule has 122 valence electrons. The predicted octanol–water partition coefficient (Wildman–Crippen LogP) is 2.25. The van der Waals surface area contributed by atoms with Crippen LogP contribution >= 0.6 is 11.8 Å². The molecule has 0 radical (unpaired) electrons. The summed E-state index contributed by atoms with van der Waals surface area (Å²) in [7, 11) is 2.00. The summed E-state index contributed by atoms with van der Waals surface area (Å²) in [6.45, 7) is 3.26. The average Bonchev–Trinajstić information content (AvgIpc) is 3.02. The number of carbonyl (C=O) groups is 1. The van der Waals surface area contributed by atoms with E-state index in [2.05, 4.69) is 22.0 Å². The number of aryl methyl sites for hydroxylation is 1. The van der Waals surface area contributed by atoms with Gasteiger partial charge in [0.25, 0.3) is 0 Å². The number of amides is 1. The number of piperazine rings is 1. The van der Waals surface area contributed by atoms with Crippen LogP contribution in [0.3, 0.4) is 0 Å². The van der Waals surface area contributed by atoms with Gasteiger partial charge in [0, 0.05) is 62.7 Å². The maximum atomic E-state index is 12.3. The Labute approximate surface area is 141 Å². The van der Waals surface area contributed by atoms with E-state index in [0.717, 1.165) is 37.9 Å². The minimum atomic E-state index is 0.257. The van der Waals surface area contributed by atoms with Crippen LogP contribution in [-0.2, 0) is 11.8 Å². The van der Waals surface area contributed by atoms with Gasteiger partial charge < -0.3 is 14.4 Å². The molecule has 2 heterocycles. The van der Waals surface area contributed by atoms with Crippen molar-refractivity contribution >= 4 is 23.6 Å². The fourth-order valence-electron chi connectivity index (χ4n) is 2.75. The first-order valence-corrected chi connectivity index (χ1v) is 8.90. The van der Waals surface area contributed by atoms with Crippen molar-refractivity contribution in [2.24, 2.45) is 7.05 Å². The molecule has 0 spiro atoms. The quantitative estimate of drug-likeness (QED) is 0.789. The van der Waals surface area contributed by atoms with Gasteiger partial charge in [-0.2, -0.15) is 0 Å². The van der Waals surface area contributed by atoms with Crippen LogP contribution in [0.25, 0.3) is 0 Å². The Morgan fingerprint density at radius 1 is 1.17 bits per heavy atom. The van der Waals surface area contributed by atoms with Crippen LogP contribution in [0.4, 0.5) is 5.95 Å². The highest BCUT2D eigenvalue weighted by Crippen LogP contribution is 2.19. The number of rotatable bonds is 5. The van der Waals surface area contributed by atoms with Crippen molar-refractivity contribution in [3.8, 4) is 0 Å². The van der Waals surface area contributed by atoms with Crippen molar-refractivity contribution < 1.29 is 4.79 Å². The number of carbonyl (C=O) groups excluding carboxylic acids is 1. The van der Waals surface area contributed by atoms with Gasteiger partial charge in [-0.3, -0.25) is 4.79 Å². The average molecular weight is 330 g/mol. The first-order valence-electron chi connectivity index (χ1n) is 7.92. The van der Waals surface area contributed by atoms with Gasteiger partial charge in [0.2, 0.25) is 11.9 Å². The second-order valence-electron chi connectivity index (χ2n) is 5.62. The molecular weight excluding hydrogens is 308 g/mol. The summed E-state index contributed by atoms with van der Waals surface area (Å²) in [4.78, 5) is 22.1. The first-order chi connectivity index (χ1) is 11.2. The molecule has 1 fully saturated rings. The third-order valence-corrected chi connectivity index (χ3v) is 5.05. The topological polar surface area (TPSA) is 41.4 Å². The van der Waals surface area contributed by atoms with E-state index in [-0.39, 0.29) is 5.91 Å². The molecule has 0 bridgehead atoms. The van der Waals surface area contributed by atoms with E-state index in [0.29, 0.717) is 6.42 Å². The number of hydrogen-bond donors (Lipinski definition) is 0. The van der Waals surface area contributed by atoms with Crippen molar-refractivity contribution in [2.45, 2.75) is 11.3 Å². The highest BCUT2D eigenvalue weighted by atomic mass is 32.2. The Kier molecular flexibility index (Phi) is 5.23. The van der Waals surface area contributed by atoms with Gasteiger partial charge in [-0.15, -0.1) is 11.8 Å². The number of benzene rings is 1. The van der Waals surface area contributed by atoms with E-state index in [1.807, 2.05) is 47.1 Å². The van der Waals surface area contributed by atoms with Crippen LogP contribution < -0.4 is 4.90 Å². The van der Waals surface area contributed by atoms with E-state index in [4.69, 9.17) is 0 Å². The van der Waals surface area contributed by atoms with Crippen LogP contribution in [0.15, 0.2) is 47.6 Å². The van der Waals surface area contributed by atoms with Gasteiger partial charge in [-0.05, 0) is 12.1 Å². The van der Waals surface area contributed by atoms with Crippen molar-refractivity contribution in [2.75, 3.05) is 36.8 Å². The maximum Gasteiger partial charge on any atom is 0.223 e. The van der Waals surface area contributed by atoms with Crippen LogP contribution in [0, 0.1) is 0 Å². The Morgan fingerprint density at radius 2 is 1.91 bits per heavy atom. The molecule has 0 unspecified atom stereocenters. The second-order valence-corrected chi connectivity index (χ2v) is 6.79. The molecule has 23 heavy (non-hydrogen) atoms. The van der Waals surface area contributed by atoms with E-state index in [1.54, 1.807) is 11.8 Å². The molecule has 0 saturated carbocycles. The predicted molar refractivity (Wildman–Crippen MR) is 93.8 cm³/mol. The molecule has 0 N–H and O–H groups in total. The summed E-state index contributed by atoms with van der Waals surface area (Å²) < 4.78 is 2.02. The van der Waals surface area contributed by atoms with Crippen molar-refractivity contribution in [1.82, 2.24) is 14.5 Å². The highest BCUT2D eigenvalue weighted by molar-refractivity contribution is 7.99. The van der Waals surface area contributed by atoms with Crippen LogP contribution in [0.5, 0.6) is 0 Å². The molecule has 0 atom stereocenters. The largest absolute Gasteiger partial charge is 0.339 e. The van der Waals surface area contributed by atoms with Gasteiger partial charge in [0.1, 0.15) is 0 Å². The fraction of sp³-hybridized carbons (Fsp3) is 0.412. The number of anilines is 1. The SMILES string of the molecule is Cn1ccnc1N1CCN(C(=O)CCSc2ccccc2)CC1. The number of hydrogen-bond acceptors (Lipinski definition) is 4. The lowest BCUT2D eigenvalue weighted by Crippen LogP contribution is -2.49. The zero-order valence-corrected chi connectivity index (χ0v) is 14.2. The minimum Gasteiger partial charge on any atom is -0.339 e. The number of imidazole rings is 1. The fourth-order valence-corrected chi connectivity index (χ4v) is 3.61.